The van der Waals surface area contributed by atoms with Crippen molar-refractivity contribution < 1.29 is 63.0 Å². The van der Waals surface area contributed by atoms with Crippen LogP contribution in [0.3, 0.4) is 0 Å². The van der Waals surface area contributed by atoms with E-state index in [2.05, 4.69) is 4.99 Å². The maximum Gasteiger partial charge on any atom is 1.00 e. The Bertz CT molecular complexity index is 590. The number of aliphatic hydroxyl groups is 3. The zero-order chi connectivity index (χ0) is 15.4. The number of aromatic hydroxyl groups is 1. The van der Waals surface area contributed by atoms with Gasteiger partial charge in [-0.3, -0.25) is 4.99 Å². The van der Waals surface area contributed by atoms with Crippen LogP contribution in [-0.2, 0) is 10.1 Å². The molecule has 1 aromatic rings. The van der Waals surface area contributed by atoms with E-state index in [0.29, 0.717) is 0 Å². The molecule has 0 aliphatic heterocycles. The molecule has 4 N–H and O–H groups in total. The molecule has 1 rings (SSSR count). The van der Waals surface area contributed by atoms with Crippen LogP contribution in [0.5, 0.6) is 5.75 Å². The maximum atomic E-state index is 10.9. The summed E-state index contributed by atoms with van der Waals surface area (Å²) in [6.07, 6.45) is 0.965. The molecule has 0 aliphatic carbocycles. The Hall–Kier alpha value is -0.520. The Morgan fingerprint density at radius 1 is 1.19 bits per heavy atom. The molecule has 0 saturated carbocycles. The summed E-state index contributed by atoms with van der Waals surface area (Å²) in [7, 11) is -4.68. The molecule has 0 saturated heterocycles. The molecule has 0 amide bonds. The molecule has 0 radical (unpaired) electrons. The second-order valence-corrected chi connectivity index (χ2v) is 5.51. The molecular weight excluding hydrogens is 313 g/mol. The molecule has 0 fully saturated rings. The Morgan fingerprint density at radius 2 is 1.71 bits per heavy atom. The SMILES string of the molecule is O=S(=O)([O-])c1ccc(O)c(/C=N/C(CO)(CO)CO)c1.[Na+]. The first kappa shape index (κ1) is 20.5. The Labute approximate surface area is 143 Å². The van der Waals surface area contributed by atoms with E-state index in [0.717, 1.165) is 24.4 Å². The second-order valence-electron chi connectivity index (χ2n) is 4.13. The summed E-state index contributed by atoms with van der Waals surface area (Å²) in [4.78, 5) is 3.18. The topological polar surface area (TPSA) is 150 Å². The Balaban J connectivity index is 0.00000400. The first-order valence-corrected chi connectivity index (χ1v) is 6.85. The Morgan fingerprint density at radius 3 is 2.14 bits per heavy atom. The summed E-state index contributed by atoms with van der Waals surface area (Å²) in [6, 6.07) is 2.84. The number of rotatable bonds is 6. The van der Waals surface area contributed by atoms with Gasteiger partial charge in [-0.25, -0.2) is 8.42 Å². The molecule has 0 aromatic heterocycles. The fourth-order valence-corrected chi connectivity index (χ4v) is 1.78. The molecule has 10 heteroatoms. The average Bonchev–Trinajstić information content (AvgIpc) is 2.41. The van der Waals surface area contributed by atoms with Crippen molar-refractivity contribution in [3.63, 3.8) is 0 Å². The monoisotopic (exact) mass is 327 g/mol. The summed E-state index contributed by atoms with van der Waals surface area (Å²) in [6.45, 7) is -1.97. The molecule has 0 aliphatic rings. The predicted octanol–water partition coefficient (Wildman–Crippen LogP) is -4.57. The number of phenols is 1. The second kappa shape index (κ2) is 8.20. The molecule has 1 aromatic carbocycles. The number of hydrogen-bond acceptors (Lipinski definition) is 8. The normalized spacial score (nSPS) is 12.4. The third kappa shape index (κ3) is 5.31. The molecule has 0 atom stereocenters. The average molecular weight is 327 g/mol. The van der Waals surface area contributed by atoms with Crippen LogP contribution in [0.2, 0.25) is 0 Å². The summed E-state index contributed by atoms with van der Waals surface area (Å²) in [5, 5.41) is 36.7. The van der Waals surface area contributed by atoms with Gasteiger partial charge < -0.3 is 25.0 Å². The van der Waals surface area contributed by atoms with Gasteiger partial charge in [0, 0.05) is 11.8 Å². The first-order chi connectivity index (χ1) is 9.28. The standard InChI is InChI=1S/C11H15NO7S.Na/c13-5-11(6-14,7-15)12-4-8-3-9(20(17,18)19)1-2-10(8)16;/h1-4,13-16H,5-7H2,(H,17,18,19);/q;+1/p-1/b12-4+;. The van der Waals surface area contributed by atoms with Gasteiger partial charge in [-0.1, -0.05) is 0 Å². The van der Waals surface area contributed by atoms with E-state index >= 15 is 0 Å². The minimum Gasteiger partial charge on any atom is -0.744 e. The van der Waals surface area contributed by atoms with Crippen molar-refractivity contribution in [2.24, 2.45) is 4.99 Å². The van der Waals surface area contributed by atoms with Gasteiger partial charge in [0.15, 0.2) is 0 Å². The van der Waals surface area contributed by atoms with E-state index < -0.39 is 40.4 Å². The van der Waals surface area contributed by atoms with Crippen LogP contribution in [0, 0.1) is 0 Å². The van der Waals surface area contributed by atoms with Crippen LogP contribution >= 0.6 is 0 Å². The number of nitrogens with zero attached hydrogens (tertiary/aromatic N) is 1. The van der Waals surface area contributed by atoms with Gasteiger partial charge in [0.05, 0.1) is 24.7 Å². The van der Waals surface area contributed by atoms with Crippen molar-refractivity contribution in [3.05, 3.63) is 23.8 Å². The maximum absolute atomic E-state index is 10.9. The van der Waals surface area contributed by atoms with Crippen LogP contribution in [-0.4, -0.2) is 65.0 Å². The quantitative estimate of drug-likeness (QED) is 0.233. The fraction of sp³-hybridized carbons (Fsp3) is 0.364. The number of aliphatic hydroxyl groups excluding tert-OH is 3. The van der Waals surface area contributed by atoms with Gasteiger partial charge in [-0.15, -0.1) is 0 Å². The van der Waals surface area contributed by atoms with E-state index in [1.807, 2.05) is 0 Å². The van der Waals surface area contributed by atoms with Crippen LogP contribution in [0.4, 0.5) is 0 Å². The summed E-state index contributed by atoms with van der Waals surface area (Å²) >= 11 is 0. The van der Waals surface area contributed by atoms with E-state index in [-0.39, 0.29) is 40.9 Å². The van der Waals surface area contributed by atoms with Crippen molar-refractivity contribution in [2.75, 3.05) is 19.8 Å². The predicted molar refractivity (Wildman–Crippen MR) is 67.7 cm³/mol. The number of phenolic OH excluding ortho intramolecular Hbond substituents is 1. The van der Waals surface area contributed by atoms with Gasteiger partial charge >= 0.3 is 29.6 Å². The molecule has 0 heterocycles. The summed E-state index contributed by atoms with van der Waals surface area (Å²) in [5.41, 5.74) is -1.65. The van der Waals surface area contributed by atoms with Crippen molar-refractivity contribution in [1.29, 1.82) is 0 Å². The van der Waals surface area contributed by atoms with Crippen molar-refractivity contribution in [1.82, 2.24) is 0 Å². The van der Waals surface area contributed by atoms with Crippen LogP contribution in [0.25, 0.3) is 0 Å². The number of hydrogen-bond donors (Lipinski definition) is 4. The van der Waals surface area contributed by atoms with Crippen molar-refractivity contribution in [3.8, 4) is 5.75 Å². The van der Waals surface area contributed by atoms with Crippen LogP contribution in [0.1, 0.15) is 5.56 Å². The Kier molecular flexibility index (Phi) is 8.00. The molecule has 8 nitrogen and oxygen atoms in total. The number of aliphatic imine (C=N–C) groups is 1. The summed E-state index contributed by atoms with van der Waals surface area (Å²) in [5.74, 6) is -0.344. The molecule has 21 heavy (non-hydrogen) atoms. The zero-order valence-corrected chi connectivity index (χ0v) is 14.1. The third-order valence-electron chi connectivity index (χ3n) is 2.65. The molecule has 0 bridgehead atoms. The van der Waals surface area contributed by atoms with Crippen molar-refractivity contribution >= 4 is 16.3 Å². The molecule has 112 valence electrons. The van der Waals surface area contributed by atoms with Crippen molar-refractivity contribution in [2.45, 2.75) is 10.4 Å². The van der Waals surface area contributed by atoms with E-state index in [9.17, 15) is 18.1 Å². The largest absolute Gasteiger partial charge is 1.00 e. The minimum atomic E-state index is -4.68. The smallest absolute Gasteiger partial charge is 0.744 e. The van der Waals surface area contributed by atoms with Gasteiger partial charge in [0.1, 0.15) is 21.4 Å². The molecule has 0 unspecified atom stereocenters. The van der Waals surface area contributed by atoms with Gasteiger partial charge in [0.25, 0.3) is 0 Å². The van der Waals surface area contributed by atoms with Gasteiger partial charge in [-0.05, 0) is 18.2 Å². The van der Waals surface area contributed by atoms with Gasteiger partial charge in [-0.2, -0.15) is 0 Å². The van der Waals surface area contributed by atoms with Crippen LogP contribution in [0.15, 0.2) is 28.1 Å². The van der Waals surface area contributed by atoms with Gasteiger partial charge in [0.2, 0.25) is 0 Å². The minimum absolute atomic E-state index is 0. The third-order valence-corrected chi connectivity index (χ3v) is 3.48. The fourth-order valence-electron chi connectivity index (χ4n) is 1.27. The summed E-state index contributed by atoms with van der Waals surface area (Å²) < 4.78 is 32.6. The number of benzene rings is 1. The molecular formula is C11H14NNaO7S. The van der Waals surface area contributed by atoms with Crippen LogP contribution < -0.4 is 29.6 Å². The van der Waals surface area contributed by atoms with E-state index in [1.54, 1.807) is 0 Å². The molecule has 0 spiro atoms. The zero-order valence-electron chi connectivity index (χ0n) is 11.3. The van der Waals surface area contributed by atoms with E-state index in [1.165, 1.54) is 0 Å². The van der Waals surface area contributed by atoms with E-state index in [4.69, 9.17) is 15.3 Å². The first-order valence-electron chi connectivity index (χ1n) is 5.45.